The number of unbranched alkanes of at least 4 members (excludes halogenated alkanes) is 8. The van der Waals surface area contributed by atoms with Crippen LogP contribution in [-0.4, -0.2) is 26.4 Å². The van der Waals surface area contributed by atoms with E-state index in [1.165, 1.54) is 75.3 Å². The molecule has 0 bridgehead atoms. The van der Waals surface area contributed by atoms with Gasteiger partial charge in [0.15, 0.2) is 0 Å². The van der Waals surface area contributed by atoms with E-state index in [0.717, 1.165) is 26.4 Å². The summed E-state index contributed by atoms with van der Waals surface area (Å²) in [5, 5.41) is 0. The molecule has 0 fully saturated rings. The van der Waals surface area contributed by atoms with Crippen LogP contribution in [-0.2, 0) is 21.3 Å². The van der Waals surface area contributed by atoms with E-state index in [-0.39, 0.29) is 5.41 Å². The Morgan fingerprint density at radius 2 is 1.15 bits per heavy atom. The normalized spacial score (nSPS) is 11.9. The van der Waals surface area contributed by atoms with E-state index >= 15 is 0 Å². The molecule has 0 saturated carbocycles. The molecule has 0 heterocycles. The highest BCUT2D eigenvalue weighted by molar-refractivity contribution is 5.27. The second-order valence-electron chi connectivity index (χ2n) is 8.69. The lowest BCUT2D eigenvalue weighted by atomic mass is 9.86. The number of hydrogen-bond donors (Lipinski definition) is 0. The van der Waals surface area contributed by atoms with Crippen molar-refractivity contribution in [2.45, 2.75) is 97.3 Å². The van der Waals surface area contributed by atoms with Crippen LogP contribution < -0.4 is 0 Å². The Morgan fingerprint density at radius 1 is 0.630 bits per heavy atom. The third kappa shape index (κ3) is 13.0. The number of benzene rings is 1. The summed E-state index contributed by atoms with van der Waals surface area (Å²) in [6, 6.07) is 9.25. The van der Waals surface area contributed by atoms with Crippen LogP contribution in [0.15, 0.2) is 24.3 Å². The number of rotatable bonds is 16. The predicted molar refractivity (Wildman–Crippen MR) is 118 cm³/mol. The minimum absolute atomic E-state index is 0.259. The molecule has 27 heavy (non-hydrogen) atoms. The third-order valence-electron chi connectivity index (χ3n) is 5.15. The largest absolute Gasteiger partial charge is 0.379 e. The fraction of sp³-hybridized carbons (Fsp3) is 0.760. The first kappa shape index (κ1) is 24.2. The molecule has 0 atom stereocenters. The summed E-state index contributed by atoms with van der Waals surface area (Å²) >= 11 is 0. The molecule has 1 aromatic rings. The number of aryl methyl sites for hydroxylation is 1. The van der Waals surface area contributed by atoms with Crippen LogP contribution in [0, 0.1) is 0 Å². The monoisotopic (exact) mass is 376 g/mol. The Hall–Kier alpha value is -0.860. The smallest absolute Gasteiger partial charge is 0.0700 e. The molecule has 0 aliphatic carbocycles. The van der Waals surface area contributed by atoms with Gasteiger partial charge < -0.3 is 9.47 Å². The third-order valence-corrected chi connectivity index (χ3v) is 5.15. The van der Waals surface area contributed by atoms with Gasteiger partial charge in [-0.25, -0.2) is 0 Å². The molecule has 0 radical (unpaired) electrons. The van der Waals surface area contributed by atoms with Crippen LogP contribution in [0.2, 0.25) is 0 Å². The van der Waals surface area contributed by atoms with Crippen molar-refractivity contribution in [1.29, 1.82) is 0 Å². The van der Waals surface area contributed by atoms with Crippen molar-refractivity contribution in [3.8, 4) is 0 Å². The van der Waals surface area contributed by atoms with Crippen molar-refractivity contribution in [1.82, 2.24) is 0 Å². The fourth-order valence-electron chi connectivity index (χ4n) is 3.31. The molecule has 2 heteroatoms. The van der Waals surface area contributed by atoms with Crippen molar-refractivity contribution in [3.63, 3.8) is 0 Å². The van der Waals surface area contributed by atoms with E-state index in [4.69, 9.17) is 9.47 Å². The molecular formula is C25H44O2. The molecule has 156 valence electrons. The highest BCUT2D eigenvalue weighted by atomic mass is 16.5. The Morgan fingerprint density at radius 3 is 1.70 bits per heavy atom. The summed E-state index contributed by atoms with van der Waals surface area (Å²) in [4.78, 5) is 0. The lowest BCUT2D eigenvalue weighted by molar-refractivity contribution is 0.0512. The van der Waals surface area contributed by atoms with Gasteiger partial charge in [-0.15, -0.1) is 0 Å². The maximum atomic E-state index is 5.54. The fourth-order valence-corrected chi connectivity index (χ4v) is 3.31. The van der Waals surface area contributed by atoms with Gasteiger partial charge in [0.05, 0.1) is 13.2 Å². The second kappa shape index (κ2) is 15.1. The zero-order valence-corrected chi connectivity index (χ0v) is 18.5. The van der Waals surface area contributed by atoms with Gasteiger partial charge >= 0.3 is 0 Å². The van der Waals surface area contributed by atoms with Crippen molar-refractivity contribution in [2.24, 2.45) is 0 Å². The molecule has 0 saturated heterocycles. The second-order valence-corrected chi connectivity index (χ2v) is 8.69. The zero-order valence-electron chi connectivity index (χ0n) is 18.5. The molecule has 0 aliphatic heterocycles. The molecule has 1 rings (SSSR count). The van der Waals surface area contributed by atoms with Crippen molar-refractivity contribution in [2.75, 3.05) is 26.4 Å². The standard InChI is InChI=1S/C25H44O2/c1-5-26-21-22-27-20-14-12-10-8-6-7-9-11-13-15-23-16-18-24(19-17-23)25(2,3)4/h16-19H,5-15,20-22H2,1-4H3. The summed E-state index contributed by atoms with van der Waals surface area (Å²) in [5.74, 6) is 0. The van der Waals surface area contributed by atoms with E-state index in [1.54, 1.807) is 0 Å². The van der Waals surface area contributed by atoms with Crippen molar-refractivity contribution >= 4 is 0 Å². The topological polar surface area (TPSA) is 18.5 Å². The molecule has 0 N–H and O–H groups in total. The Labute approximate surface area is 169 Å². The first-order chi connectivity index (χ1) is 13.0. The Kier molecular flexibility index (Phi) is 13.5. The summed E-state index contributed by atoms with van der Waals surface area (Å²) in [7, 11) is 0. The SMILES string of the molecule is CCOCCOCCCCCCCCCCCc1ccc(C(C)(C)C)cc1. The van der Waals surface area contributed by atoms with Gasteiger partial charge in [0.2, 0.25) is 0 Å². The predicted octanol–water partition coefficient (Wildman–Crippen LogP) is 7.09. The van der Waals surface area contributed by atoms with E-state index in [1.807, 2.05) is 6.92 Å². The molecule has 1 aromatic carbocycles. The molecule has 0 aromatic heterocycles. The molecule has 2 nitrogen and oxygen atoms in total. The average molecular weight is 377 g/mol. The van der Waals surface area contributed by atoms with Crippen LogP contribution in [0.4, 0.5) is 0 Å². The first-order valence-corrected chi connectivity index (χ1v) is 11.3. The summed E-state index contributed by atoms with van der Waals surface area (Å²) < 4.78 is 10.8. The molecule has 0 spiro atoms. The average Bonchev–Trinajstić information content (AvgIpc) is 2.64. The molecule has 0 amide bonds. The summed E-state index contributed by atoms with van der Waals surface area (Å²) in [6.07, 6.45) is 13.3. The van der Waals surface area contributed by atoms with Gasteiger partial charge in [-0.3, -0.25) is 0 Å². The van der Waals surface area contributed by atoms with Crippen molar-refractivity contribution in [3.05, 3.63) is 35.4 Å². The highest BCUT2D eigenvalue weighted by Crippen LogP contribution is 2.22. The van der Waals surface area contributed by atoms with E-state index in [2.05, 4.69) is 45.0 Å². The maximum absolute atomic E-state index is 5.54. The summed E-state index contributed by atoms with van der Waals surface area (Å²) in [6.45, 7) is 12.0. The van der Waals surface area contributed by atoms with Crippen LogP contribution in [0.1, 0.15) is 96.6 Å². The van der Waals surface area contributed by atoms with Gasteiger partial charge in [-0.1, -0.05) is 90.0 Å². The van der Waals surface area contributed by atoms with Gasteiger partial charge in [0, 0.05) is 13.2 Å². The lowest BCUT2D eigenvalue weighted by Crippen LogP contribution is -2.10. The first-order valence-electron chi connectivity index (χ1n) is 11.3. The quantitative estimate of drug-likeness (QED) is 0.287. The lowest BCUT2D eigenvalue weighted by Gasteiger charge is -2.19. The van der Waals surface area contributed by atoms with Crippen LogP contribution in [0.25, 0.3) is 0 Å². The molecule has 0 aliphatic rings. The highest BCUT2D eigenvalue weighted by Gasteiger charge is 2.12. The number of ether oxygens (including phenoxy) is 2. The summed E-state index contributed by atoms with van der Waals surface area (Å²) in [5.41, 5.74) is 3.18. The Balaban J connectivity index is 1.87. The van der Waals surface area contributed by atoms with Crippen LogP contribution in [0.3, 0.4) is 0 Å². The number of hydrogen-bond acceptors (Lipinski definition) is 2. The van der Waals surface area contributed by atoms with Crippen molar-refractivity contribution < 1.29 is 9.47 Å². The van der Waals surface area contributed by atoms with Crippen LogP contribution >= 0.6 is 0 Å². The van der Waals surface area contributed by atoms with Gasteiger partial charge in [0.1, 0.15) is 0 Å². The minimum atomic E-state index is 0.259. The molecular weight excluding hydrogens is 332 g/mol. The Bertz CT molecular complexity index is 444. The van der Waals surface area contributed by atoms with Gasteiger partial charge in [-0.2, -0.15) is 0 Å². The van der Waals surface area contributed by atoms with Gasteiger partial charge in [-0.05, 0) is 42.7 Å². The maximum Gasteiger partial charge on any atom is 0.0700 e. The van der Waals surface area contributed by atoms with Gasteiger partial charge in [0.25, 0.3) is 0 Å². The molecule has 0 unspecified atom stereocenters. The van der Waals surface area contributed by atoms with E-state index in [9.17, 15) is 0 Å². The minimum Gasteiger partial charge on any atom is -0.379 e. The zero-order chi connectivity index (χ0) is 19.8. The van der Waals surface area contributed by atoms with E-state index < -0.39 is 0 Å². The van der Waals surface area contributed by atoms with E-state index in [0.29, 0.717) is 0 Å². The van der Waals surface area contributed by atoms with Crippen LogP contribution in [0.5, 0.6) is 0 Å².